The monoisotopic (exact) mass is 449 g/mol. The molecule has 33 heavy (non-hydrogen) atoms. The molecule has 0 radical (unpaired) electrons. The number of hydrogen-bond acceptors (Lipinski definition) is 6. The van der Waals surface area contributed by atoms with Crippen LogP contribution >= 0.6 is 0 Å². The number of nitrogens with zero attached hydrogens (tertiary/aromatic N) is 4. The van der Waals surface area contributed by atoms with Crippen molar-refractivity contribution in [1.29, 1.82) is 0 Å². The van der Waals surface area contributed by atoms with E-state index >= 15 is 0 Å². The molecule has 0 unspecified atom stereocenters. The average Bonchev–Trinajstić information content (AvgIpc) is 2.86. The molecule has 8 nitrogen and oxygen atoms in total. The van der Waals surface area contributed by atoms with Crippen LogP contribution in [-0.2, 0) is 16.1 Å². The Hall–Kier alpha value is -3.26. The van der Waals surface area contributed by atoms with Crippen molar-refractivity contribution in [3.63, 3.8) is 0 Å². The fourth-order valence-corrected chi connectivity index (χ4v) is 4.24. The van der Waals surface area contributed by atoms with Crippen molar-refractivity contribution in [2.24, 2.45) is 5.92 Å². The number of fused-ring (bicyclic) bond motifs is 1. The third kappa shape index (κ3) is 5.57. The molecule has 4 rings (SSSR count). The van der Waals surface area contributed by atoms with Gasteiger partial charge in [0.05, 0.1) is 12.5 Å². The van der Waals surface area contributed by atoms with Gasteiger partial charge in [0.25, 0.3) is 5.56 Å². The molecule has 1 saturated heterocycles. The predicted molar refractivity (Wildman–Crippen MR) is 128 cm³/mol. The lowest BCUT2D eigenvalue weighted by atomic mass is 9.97. The summed E-state index contributed by atoms with van der Waals surface area (Å²) in [6.07, 6.45) is 4.11. The first kappa shape index (κ1) is 22.9. The fraction of sp³-hybridized carbons (Fsp3) is 0.440. The SMILES string of the molecule is CCOCCCNC(=O)[C@H]1CCCN(c2nc3cccnc3n(Cc3ccccc3)c2=O)C1. The van der Waals surface area contributed by atoms with Gasteiger partial charge in [-0.2, -0.15) is 0 Å². The minimum absolute atomic E-state index is 0.0308. The van der Waals surface area contributed by atoms with E-state index in [1.165, 1.54) is 0 Å². The molecule has 3 heterocycles. The lowest BCUT2D eigenvalue weighted by molar-refractivity contribution is -0.125. The second kappa shape index (κ2) is 11.0. The van der Waals surface area contributed by atoms with E-state index < -0.39 is 0 Å². The topological polar surface area (TPSA) is 89.3 Å². The van der Waals surface area contributed by atoms with Crippen molar-refractivity contribution >= 4 is 22.9 Å². The molecule has 0 saturated carbocycles. The summed E-state index contributed by atoms with van der Waals surface area (Å²) < 4.78 is 7.01. The second-order valence-corrected chi connectivity index (χ2v) is 8.29. The summed E-state index contributed by atoms with van der Waals surface area (Å²) in [5.41, 5.74) is 2.08. The van der Waals surface area contributed by atoms with Gasteiger partial charge < -0.3 is 15.0 Å². The van der Waals surface area contributed by atoms with Crippen LogP contribution in [0.4, 0.5) is 5.82 Å². The summed E-state index contributed by atoms with van der Waals surface area (Å²) in [7, 11) is 0. The van der Waals surface area contributed by atoms with E-state index in [2.05, 4.69) is 15.3 Å². The molecule has 0 aliphatic carbocycles. The van der Waals surface area contributed by atoms with Crippen molar-refractivity contribution in [2.45, 2.75) is 32.7 Å². The van der Waals surface area contributed by atoms with Crippen LogP contribution in [0, 0.1) is 5.92 Å². The number of rotatable bonds is 9. The van der Waals surface area contributed by atoms with E-state index in [1.807, 2.05) is 54.3 Å². The molecule has 0 spiro atoms. The highest BCUT2D eigenvalue weighted by Crippen LogP contribution is 2.22. The third-order valence-electron chi connectivity index (χ3n) is 5.93. The van der Waals surface area contributed by atoms with Gasteiger partial charge in [-0.1, -0.05) is 30.3 Å². The molecule has 1 N–H and O–H groups in total. The quantitative estimate of drug-likeness (QED) is 0.505. The van der Waals surface area contributed by atoms with Crippen molar-refractivity contribution in [2.75, 3.05) is 37.7 Å². The maximum absolute atomic E-state index is 13.5. The smallest absolute Gasteiger partial charge is 0.295 e. The molecular formula is C25H31N5O3. The van der Waals surface area contributed by atoms with Gasteiger partial charge in [-0.25, -0.2) is 9.97 Å². The molecule has 174 valence electrons. The standard InChI is InChI=1S/C25H31N5O3/c1-2-33-16-8-14-27-24(31)20-11-7-15-29(18-20)23-25(32)30(17-19-9-4-3-5-10-19)22-21(28-23)12-6-13-26-22/h3-6,9-10,12-13,20H,2,7-8,11,14-18H2,1H3,(H,27,31)/t20-/m0/s1. The van der Waals surface area contributed by atoms with Crippen LogP contribution in [0.15, 0.2) is 53.5 Å². The zero-order chi connectivity index (χ0) is 23.0. The Balaban J connectivity index is 1.55. The number of nitrogens with one attached hydrogen (secondary N) is 1. The van der Waals surface area contributed by atoms with Gasteiger partial charge in [-0.15, -0.1) is 0 Å². The van der Waals surface area contributed by atoms with Crippen LogP contribution in [0.5, 0.6) is 0 Å². The highest BCUT2D eigenvalue weighted by molar-refractivity contribution is 5.79. The Morgan fingerprint density at radius 2 is 2.06 bits per heavy atom. The van der Waals surface area contributed by atoms with E-state index in [4.69, 9.17) is 4.74 Å². The zero-order valence-corrected chi connectivity index (χ0v) is 19.1. The lowest BCUT2D eigenvalue weighted by Gasteiger charge is -2.32. The highest BCUT2D eigenvalue weighted by Gasteiger charge is 2.28. The van der Waals surface area contributed by atoms with Crippen molar-refractivity contribution in [1.82, 2.24) is 19.9 Å². The van der Waals surface area contributed by atoms with Crippen LogP contribution in [-0.4, -0.2) is 53.3 Å². The molecule has 1 aliphatic heterocycles. The summed E-state index contributed by atoms with van der Waals surface area (Å²) in [5, 5.41) is 3.01. The van der Waals surface area contributed by atoms with Gasteiger partial charge in [0.15, 0.2) is 11.5 Å². The third-order valence-corrected chi connectivity index (χ3v) is 5.93. The largest absolute Gasteiger partial charge is 0.382 e. The van der Waals surface area contributed by atoms with Gasteiger partial charge in [0.2, 0.25) is 5.91 Å². The molecule has 3 aromatic rings. The summed E-state index contributed by atoms with van der Waals surface area (Å²) in [6, 6.07) is 13.6. The van der Waals surface area contributed by atoms with Gasteiger partial charge in [0.1, 0.15) is 5.52 Å². The van der Waals surface area contributed by atoms with Gasteiger partial charge in [-0.05, 0) is 43.9 Å². The van der Waals surface area contributed by atoms with Crippen molar-refractivity contribution in [3.05, 3.63) is 64.6 Å². The minimum atomic E-state index is -0.178. The van der Waals surface area contributed by atoms with Crippen LogP contribution in [0.3, 0.4) is 0 Å². The molecule has 0 bridgehead atoms. The maximum Gasteiger partial charge on any atom is 0.295 e. The van der Waals surface area contributed by atoms with Gasteiger partial charge >= 0.3 is 0 Å². The minimum Gasteiger partial charge on any atom is -0.382 e. The first-order valence-electron chi connectivity index (χ1n) is 11.7. The second-order valence-electron chi connectivity index (χ2n) is 8.29. The Bertz CT molecular complexity index is 1130. The number of ether oxygens (including phenoxy) is 1. The summed E-state index contributed by atoms with van der Waals surface area (Å²) in [4.78, 5) is 37.3. The molecule has 8 heteroatoms. The number of benzene rings is 1. The molecule has 1 aliphatic rings. The lowest BCUT2D eigenvalue weighted by Crippen LogP contribution is -2.46. The molecule has 1 aromatic carbocycles. The number of hydrogen-bond donors (Lipinski definition) is 1. The number of carbonyl (C=O) groups excluding carboxylic acids is 1. The average molecular weight is 450 g/mol. The Morgan fingerprint density at radius 3 is 2.88 bits per heavy atom. The summed E-state index contributed by atoms with van der Waals surface area (Å²) >= 11 is 0. The van der Waals surface area contributed by atoms with Crippen LogP contribution in [0.25, 0.3) is 11.2 Å². The number of amides is 1. The molecule has 2 aromatic heterocycles. The first-order valence-corrected chi connectivity index (χ1v) is 11.7. The number of carbonyl (C=O) groups is 1. The highest BCUT2D eigenvalue weighted by atomic mass is 16.5. The molecule has 1 amide bonds. The number of anilines is 1. The first-order chi connectivity index (χ1) is 16.2. The molecular weight excluding hydrogens is 418 g/mol. The van der Waals surface area contributed by atoms with E-state index in [0.717, 1.165) is 24.8 Å². The molecule has 1 atom stereocenters. The number of piperidine rings is 1. The Kier molecular flexibility index (Phi) is 7.67. The zero-order valence-electron chi connectivity index (χ0n) is 19.1. The van der Waals surface area contributed by atoms with Gasteiger partial charge in [-0.3, -0.25) is 14.2 Å². The fourth-order valence-electron chi connectivity index (χ4n) is 4.24. The van der Waals surface area contributed by atoms with Crippen LogP contribution < -0.4 is 15.8 Å². The predicted octanol–water partition coefficient (Wildman–Crippen LogP) is 2.60. The number of aromatic nitrogens is 3. The number of pyridine rings is 1. The van der Waals surface area contributed by atoms with Crippen molar-refractivity contribution in [3.8, 4) is 0 Å². The molecule has 1 fully saturated rings. The summed E-state index contributed by atoms with van der Waals surface area (Å²) in [5.74, 6) is 0.253. The van der Waals surface area contributed by atoms with E-state index in [9.17, 15) is 9.59 Å². The van der Waals surface area contributed by atoms with Gasteiger partial charge in [0, 0.05) is 39.0 Å². The maximum atomic E-state index is 13.5. The Morgan fingerprint density at radius 1 is 1.21 bits per heavy atom. The van der Waals surface area contributed by atoms with E-state index in [1.54, 1.807) is 10.8 Å². The van der Waals surface area contributed by atoms with Crippen molar-refractivity contribution < 1.29 is 9.53 Å². The van der Waals surface area contributed by atoms with Crippen LogP contribution in [0.1, 0.15) is 31.7 Å². The van der Waals surface area contributed by atoms with Crippen LogP contribution in [0.2, 0.25) is 0 Å². The van der Waals surface area contributed by atoms with E-state index in [0.29, 0.717) is 56.4 Å². The van der Waals surface area contributed by atoms with E-state index in [-0.39, 0.29) is 17.4 Å². The Labute approximate surface area is 193 Å². The normalized spacial score (nSPS) is 16.2. The summed E-state index contributed by atoms with van der Waals surface area (Å²) in [6.45, 7) is 5.48.